The predicted molar refractivity (Wildman–Crippen MR) is 34.5 cm³/mol. The van der Waals surface area contributed by atoms with Gasteiger partial charge in [0.2, 0.25) is 0 Å². The van der Waals surface area contributed by atoms with E-state index in [1.807, 2.05) is 6.92 Å². The second-order valence-corrected chi connectivity index (χ2v) is 2.88. The zero-order valence-electron chi connectivity index (χ0n) is 5.17. The van der Waals surface area contributed by atoms with Gasteiger partial charge in [0.15, 0.2) is 0 Å². The standard InChI is InChI=1S/C6H9ClO2/c1-2-3-4(5(3)7)6(8)9/h3-5H,2H2,1H3,(H,8,9)/t3-,4+,5+/m0/s1. The number of hydrogen-bond acceptors (Lipinski definition) is 1. The summed E-state index contributed by atoms with van der Waals surface area (Å²) >= 11 is 5.63. The van der Waals surface area contributed by atoms with E-state index in [-0.39, 0.29) is 17.2 Å². The van der Waals surface area contributed by atoms with E-state index in [0.717, 1.165) is 6.42 Å². The fourth-order valence-electron chi connectivity index (χ4n) is 1.13. The van der Waals surface area contributed by atoms with E-state index < -0.39 is 5.97 Å². The summed E-state index contributed by atoms with van der Waals surface area (Å²) in [5.41, 5.74) is 0. The molecule has 1 aliphatic rings. The molecule has 3 heteroatoms. The van der Waals surface area contributed by atoms with Crippen LogP contribution >= 0.6 is 11.6 Å². The van der Waals surface area contributed by atoms with Crippen LogP contribution in [0.1, 0.15) is 13.3 Å². The fraction of sp³-hybridized carbons (Fsp3) is 0.833. The molecule has 0 radical (unpaired) electrons. The Hall–Kier alpha value is -0.240. The molecule has 1 N–H and O–H groups in total. The van der Waals surface area contributed by atoms with Gasteiger partial charge >= 0.3 is 5.97 Å². The molecule has 0 aromatic carbocycles. The number of alkyl halides is 1. The SMILES string of the molecule is CC[C@@H]1[C@@H](Cl)[C@@H]1C(=O)O. The zero-order valence-corrected chi connectivity index (χ0v) is 5.93. The van der Waals surface area contributed by atoms with Crippen LogP contribution in [0.2, 0.25) is 0 Å². The third-order valence-corrected chi connectivity index (χ3v) is 2.42. The van der Waals surface area contributed by atoms with Crippen LogP contribution in [-0.2, 0) is 4.79 Å². The quantitative estimate of drug-likeness (QED) is 0.600. The molecule has 1 rings (SSSR count). The first kappa shape index (κ1) is 6.87. The summed E-state index contributed by atoms with van der Waals surface area (Å²) in [6, 6.07) is 0. The van der Waals surface area contributed by atoms with Crippen LogP contribution in [0.25, 0.3) is 0 Å². The van der Waals surface area contributed by atoms with E-state index in [2.05, 4.69) is 0 Å². The molecule has 0 spiro atoms. The van der Waals surface area contributed by atoms with Crippen LogP contribution in [0.15, 0.2) is 0 Å². The highest BCUT2D eigenvalue weighted by Gasteiger charge is 2.52. The molecule has 1 saturated carbocycles. The summed E-state index contributed by atoms with van der Waals surface area (Å²) in [5.74, 6) is -0.789. The summed E-state index contributed by atoms with van der Waals surface area (Å²) < 4.78 is 0. The Labute approximate surface area is 58.8 Å². The number of halogens is 1. The maximum atomic E-state index is 10.3. The highest BCUT2D eigenvalue weighted by Crippen LogP contribution is 2.46. The third kappa shape index (κ3) is 1.04. The van der Waals surface area contributed by atoms with Crippen molar-refractivity contribution in [1.29, 1.82) is 0 Å². The molecule has 0 aliphatic heterocycles. The van der Waals surface area contributed by atoms with Crippen LogP contribution < -0.4 is 0 Å². The van der Waals surface area contributed by atoms with E-state index in [9.17, 15) is 4.79 Å². The van der Waals surface area contributed by atoms with Gasteiger partial charge in [-0.25, -0.2) is 0 Å². The first-order valence-corrected chi connectivity index (χ1v) is 3.49. The highest BCUT2D eigenvalue weighted by atomic mass is 35.5. The monoisotopic (exact) mass is 148 g/mol. The van der Waals surface area contributed by atoms with Gasteiger partial charge in [-0.3, -0.25) is 4.79 Å². The van der Waals surface area contributed by atoms with E-state index in [1.165, 1.54) is 0 Å². The van der Waals surface area contributed by atoms with Crippen LogP contribution in [0.3, 0.4) is 0 Å². The molecule has 0 aromatic rings. The van der Waals surface area contributed by atoms with E-state index in [1.54, 1.807) is 0 Å². The van der Waals surface area contributed by atoms with E-state index in [4.69, 9.17) is 16.7 Å². The van der Waals surface area contributed by atoms with Gasteiger partial charge in [0.05, 0.1) is 11.3 Å². The fourth-order valence-corrected chi connectivity index (χ4v) is 1.68. The van der Waals surface area contributed by atoms with Crippen molar-refractivity contribution in [3.05, 3.63) is 0 Å². The molecule has 1 aliphatic carbocycles. The number of carbonyl (C=O) groups is 1. The van der Waals surface area contributed by atoms with Crippen molar-refractivity contribution in [2.45, 2.75) is 18.7 Å². The molecule has 0 unspecified atom stereocenters. The van der Waals surface area contributed by atoms with Crippen LogP contribution in [0.5, 0.6) is 0 Å². The molecule has 0 aromatic heterocycles. The Morgan fingerprint density at radius 1 is 1.78 bits per heavy atom. The molecular formula is C6H9ClO2. The molecule has 0 bridgehead atoms. The van der Waals surface area contributed by atoms with Crippen molar-refractivity contribution < 1.29 is 9.90 Å². The lowest BCUT2D eigenvalue weighted by Gasteiger charge is -1.83. The first-order chi connectivity index (χ1) is 4.18. The van der Waals surface area contributed by atoms with Crippen molar-refractivity contribution in [3.63, 3.8) is 0 Å². The third-order valence-electron chi connectivity index (χ3n) is 1.83. The van der Waals surface area contributed by atoms with E-state index in [0.29, 0.717) is 0 Å². The van der Waals surface area contributed by atoms with Crippen molar-refractivity contribution in [2.24, 2.45) is 11.8 Å². The molecule has 0 saturated heterocycles. The van der Waals surface area contributed by atoms with Crippen LogP contribution in [0, 0.1) is 11.8 Å². The zero-order chi connectivity index (χ0) is 7.02. The number of carboxylic acid groups (broad SMARTS) is 1. The molecule has 0 amide bonds. The van der Waals surface area contributed by atoms with Gasteiger partial charge in [-0.1, -0.05) is 13.3 Å². The summed E-state index contributed by atoms with van der Waals surface area (Å²) in [7, 11) is 0. The molecular weight excluding hydrogens is 140 g/mol. The lowest BCUT2D eigenvalue weighted by Crippen LogP contribution is -1.99. The summed E-state index contributed by atoms with van der Waals surface area (Å²) in [4.78, 5) is 10.3. The highest BCUT2D eigenvalue weighted by molar-refractivity contribution is 6.24. The molecule has 3 atom stereocenters. The van der Waals surface area contributed by atoms with Gasteiger partial charge in [-0.2, -0.15) is 0 Å². The van der Waals surface area contributed by atoms with Crippen molar-refractivity contribution >= 4 is 17.6 Å². The minimum absolute atomic E-state index is 0.104. The minimum Gasteiger partial charge on any atom is -0.481 e. The average Bonchev–Trinajstić information content (AvgIpc) is 2.40. The second kappa shape index (κ2) is 2.18. The normalized spacial score (nSPS) is 40.4. The average molecular weight is 149 g/mol. The predicted octanol–water partition coefficient (Wildman–Crippen LogP) is 1.33. The van der Waals surface area contributed by atoms with Crippen molar-refractivity contribution in [3.8, 4) is 0 Å². The van der Waals surface area contributed by atoms with Gasteiger partial charge in [0.1, 0.15) is 0 Å². The Kier molecular flexibility index (Phi) is 1.66. The summed E-state index contributed by atoms with van der Waals surface area (Å²) in [6.45, 7) is 1.96. The van der Waals surface area contributed by atoms with Gasteiger partial charge in [0, 0.05) is 0 Å². The van der Waals surface area contributed by atoms with E-state index >= 15 is 0 Å². The molecule has 0 heterocycles. The summed E-state index contributed by atoms with van der Waals surface area (Å²) in [6.07, 6.45) is 0.880. The lowest BCUT2D eigenvalue weighted by molar-refractivity contribution is -0.138. The topological polar surface area (TPSA) is 37.3 Å². The first-order valence-electron chi connectivity index (χ1n) is 3.05. The van der Waals surface area contributed by atoms with Crippen molar-refractivity contribution in [2.75, 3.05) is 0 Å². The number of hydrogen-bond donors (Lipinski definition) is 1. The smallest absolute Gasteiger partial charge is 0.308 e. The molecule has 52 valence electrons. The number of carboxylic acids is 1. The Morgan fingerprint density at radius 3 is 2.44 bits per heavy atom. The Balaban J connectivity index is 2.42. The van der Waals surface area contributed by atoms with Crippen LogP contribution in [0.4, 0.5) is 0 Å². The van der Waals surface area contributed by atoms with Crippen LogP contribution in [-0.4, -0.2) is 16.5 Å². The van der Waals surface area contributed by atoms with Gasteiger partial charge in [-0.05, 0) is 5.92 Å². The minimum atomic E-state index is -0.748. The summed E-state index contributed by atoms with van der Waals surface area (Å²) in [5, 5.41) is 8.34. The van der Waals surface area contributed by atoms with Gasteiger partial charge < -0.3 is 5.11 Å². The number of rotatable bonds is 2. The largest absolute Gasteiger partial charge is 0.481 e. The maximum absolute atomic E-state index is 10.3. The number of aliphatic carboxylic acids is 1. The molecule has 9 heavy (non-hydrogen) atoms. The molecule has 2 nitrogen and oxygen atoms in total. The second-order valence-electron chi connectivity index (χ2n) is 2.38. The molecule has 1 fully saturated rings. The van der Waals surface area contributed by atoms with Gasteiger partial charge in [0.25, 0.3) is 0 Å². The Bertz CT molecular complexity index is 135. The van der Waals surface area contributed by atoms with Gasteiger partial charge in [-0.15, -0.1) is 11.6 Å². The lowest BCUT2D eigenvalue weighted by atomic mass is 10.3. The maximum Gasteiger partial charge on any atom is 0.308 e. The van der Waals surface area contributed by atoms with Crippen molar-refractivity contribution in [1.82, 2.24) is 0 Å². The Morgan fingerprint density at radius 2 is 2.33 bits per heavy atom.